The summed E-state index contributed by atoms with van der Waals surface area (Å²) >= 11 is 0. The standard InChI is InChI=1S/C11H13N5O4/c1-19-9(17)7(3-12)4-14-11(13)16-6-8(5-15-16)10(18)20-2/h3-6,12H,1-2H3,(H2,13,14)/p+1/b7-4+,12-3?. The van der Waals surface area contributed by atoms with E-state index in [-0.39, 0.29) is 17.1 Å². The number of rotatable bonds is 4. The summed E-state index contributed by atoms with van der Waals surface area (Å²) in [4.78, 5) is 22.4. The van der Waals surface area contributed by atoms with Gasteiger partial charge in [0.1, 0.15) is 11.8 Å². The molecule has 0 unspecified atom stereocenters. The average Bonchev–Trinajstić information content (AvgIpc) is 2.96. The lowest BCUT2D eigenvalue weighted by Gasteiger charge is -1.99. The minimum absolute atomic E-state index is 0.0161. The van der Waals surface area contributed by atoms with Crippen molar-refractivity contribution in [3.63, 3.8) is 0 Å². The van der Waals surface area contributed by atoms with Crippen molar-refractivity contribution in [3.8, 4) is 0 Å². The van der Waals surface area contributed by atoms with Gasteiger partial charge in [0.15, 0.2) is 0 Å². The molecule has 0 aliphatic heterocycles. The Morgan fingerprint density at radius 3 is 2.65 bits per heavy atom. The van der Waals surface area contributed by atoms with E-state index in [0.717, 1.165) is 10.9 Å². The summed E-state index contributed by atoms with van der Waals surface area (Å²) in [5.74, 6) is -1.34. The highest BCUT2D eigenvalue weighted by molar-refractivity contribution is 6.08. The lowest BCUT2D eigenvalue weighted by molar-refractivity contribution is -0.468. The molecule has 0 amide bonds. The molecule has 1 heterocycles. The fourth-order valence-electron chi connectivity index (χ4n) is 1.22. The smallest absolute Gasteiger partial charge is 0.344 e. The molecule has 0 aliphatic rings. The summed E-state index contributed by atoms with van der Waals surface area (Å²) < 4.78 is 10.1. The number of esters is 2. The van der Waals surface area contributed by atoms with Crippen molar-refractivity contribution in [2.24, 2.45) is 0 Å². The maximum absolute atomic E-state index is 11.2. The zero-order valence-corrected chi connectivity index (χ0v) is 10.9. The van der Waals surface area contributed by atoms with Gasteiger partial charge in [0, 0.05) is 6.21 Å². The van der Waals surface area contributed by atoms with Crippen molar-refractivity contribution >= 4 is 24.1 Å². The Bertz CT molecular complexity index is 575. The molecule has 0 atom stereocenters. The van der Waals surface area contributed by atoms with E-state index in [1.54, 1.807) is 0 Å². The van der Waals surface area contributed by atoms with E-state index in [1.165, 1.54) is 38.1 Å². The highest BCUT2D eigenvalue weighted by Gasteiger charge is 2.13. The average molecular weight is 280 g/mol. The third kappa shape index (κ3) is 3.59. The summed E-state index contributed by atoms with van der Waals surface area (Å²) in [6.45, 7) is 0. The Morgan fingerprint density at radius 1 is 1.40 bits per heavy atom. The zero-order valence-electron chi connectivity index (χ0n) is 10.9. The van der Waals surface area contributed by atoms with Gasteiger partial charge in [-0.05, 0) is 0 Å². The number of methoxy groups -OCH3 is 2. The van der Waals surface area contributed by atoms with Crippen LogP contribution in [-0.4, -0.2) is 48.1 Å². The van der Waals surface area contributed by atoms with Crippen LogP contribution in [0.5, 0.6) is 0 Å². The molecule has 0 saturated heterocycles. The van der Waals surface area contributed by atoms with Crippen LogP contribution in [0, 0.1) is 10.8 Å². The summed E-state index contributed by atoms with van der Waals surface area (Å²) in [6.07, 6.45) is 4.65. The van der Waals surface area contributed by atoms with E-state index in [1.807, 2.05) is 0 Å². The Morgan fingerprint density at radius 2 is 2.10 bits per heavy atom. The van der Waals surface area contributed by atoms with E-state index < -0.39 is 11.9 Å². The van der Waals surface area contributed by atoms with Crippen LogP contribution in [0.15, 0.2) is 24.2 Å². The first-order chi connectivity index (χ1) is 9.53. The Balaban J connectivity index is 2.79. The van der Waals surface area contributed by atoms with Gasteiger partial charge in [0.2, 0.25) is 0 Å². The van der Waals surface area contributed by atoms with Crippen LogP contribution >= 0.6 is 0 Å². The molecule has 0 radical (unpaired) electrons. The van der Waals surface area contributed by atoms with Crippen molar-refractivity contribution < 1.29 is 24.4 Å². The van der Waals surface area contributed by atoms with Crippen LogP contribution in [0.3, 0.4) is 0 Å². The van der Waals surface area contributed by atoms with E-state index in [0.29, 0.717) is 0 Å². The highest BCUT2D eigenvalue weighted by Crippen LogP contribution is 1.98. The monoisotopic (exact) mass is 280 g/mol. The minimum atomic E-state index is -0.681. The highest BCUT2D eigenvalue weighted by atomic mass is 16.5. The molecule has 0 bridgehead atoms. The SMILES string of the molecule is COC(=O)/C(C=N)=C/[NH2+]C(=N)n1cc(C(=O)OC)cn1. The van der Waals surface area contributed by atoms with Crippen LogP contribution in [0.25, 0.3) is 0 Å². The lowest BCUT2D eigenvalue weighted by Crippen LogP contribution is -2.84. The molecule has 0 spiro atoms. The molecule has 1 rings (SSSR count). The summed E-state index contributed by atoms with van der Waals surface area (Å²) in [7, 11) is 2.44. The van der Waals surface area contributed by atoms with Gasteiger partial charge in [-0.1, -0.05) is 0 Å². The largest absolute Gasteiger partial charge is 0.465 e. The summed E-state index contributed by atoms with van der Waals surface area (Å²) in [5.41, 5.74) is 0.187. The van der Waals surface area contributed by atoms with Crippen LogP contribution in [0.4, 0.5) is 0 Å². The number of hydrogen-bond donors (Lipinski definition) is 3. The molecule has 4 N–H and O–H groups in total. The van der Waals surface area contributed by atoms with Gasteiger partial charge in [-0.2, -0.15) is 9.78 Å². The van der Waals surface area contributed by atoms with Crippen LogP contribution in [0.1, 0.15) is 10.4 Å². The van der Waals surface area contributed by atoms with Crippen molar-refractivity contribution in [1.29, 1.82) is 10.8 Å². The Labute approximate surface area is 114 Å². The number of aromatic nitrogens is 2. The first kappa shape index (κ1) is 15.2. The van der Waals surface area contributed by atoms with Gasteiger partial charge < -0.3 is 14.9 Å². The predicted molar refractivity (Wildman–Crippen MR) is 67.5 cm³/mol. The number of nitrogens with zero attached hydrogens (tertiary/aromatic N) is 2. The molecule has 1 aromatic heterocycles. The number of nitrogens with two attached hydrogens (primary N) is 1. The molecule has 9 nitrogen and oxygen atoms in total. The van der Waals surface area contributed by atoms with E-state index in [9.17, 15) is 9.59 Å². The topological polar surface area (TPSA) is 135 Å². The molecule has 106 valence electrons. The normalized spacial score (nSPS) is 10.8. The first-order valence-electron chi connectivity index (χ1n) is 5.39. The van der Waals surface area contributed by atoms with Crippen molar-refractivity contribution in [3.05, 3.63) is 29.7 Å². The van der Waals surface area contributed by atoms with Gasteiger partial charge in [-0.3, -0.25) is 5.32 Å². The molecule has 0 aromatic carbocycles. The van der Waals surface area contributed by atoms with Gasteiger partial charge in [-0.25, -0.2) is 15.0 Å². The lowest BCUT2D eigenvalue weighted by atomic mass is 10.3. The number of nitrogen functional groups attached to an aromatic ring is 1. The fourth-order valence-corrected chi connectivity index (χ4v) is 1.22. The molecule has 9 heteroatoms. The van der Waals surface area contributed by atoms with Crippen LogP contribution in [0.2, 0.25) is 0 Å². The number of ether oxygens (including phenoxy) is 2. The van der Waals surface area contributed by atoms with E-state index in [2.05, 4.69) is 14.6 Å². The number of carbonyl (C=O) groups excluding carboxylic acids is 2. The predicted octanol–water partition coefficient (Wildman–Crippen LogP) is -1.28. The minimum Gasteiger partial charge on any atom is -0.465 e. The Kier molecular flexibility index (Phi) is 5.30. The maximum atomic E-state index is 11.2. The van der Waals surface area contributed by atoms with Gasteiger partial charge in [0.05, 0.1) is 32.2 Å². The third-order valence-electron chi connectivity index (χ3n) is 2.25. The number of hydrogen-bond acceptors (Lipinski definition) is 7. The van der Waals surface area contributed by atoms with Crippen molar-refractivity contribution in [2.45, 2.75) is 0 Å². The van der Waals surface area contributed by atoms with Gasteiger partial charge >= 0.3 is 17.9 Å². The Hall–Kier alpha value is -2.81. The second-order valence-electron chi connectivity index (χ2n) is 3.47. The molecule has 0 fully saturated rings. The van der Waals surface area contributed by atoms with E-state index in [4.69, 9.17) is 10.8 Å². The second kappa shape index (κ2) is 6.95. The van der Waals surface area contributed by atoms with Crippen molar-refractivity contribution in [2.75, 3.05) is 14.2 Å². The number of carbonyl (C=O) groups is 2. The number of nitrogens with one attached hydrogen (secondary N) is 2. The fraction of sp³-hybridized carbons (Fsp3) is 0.182. The molecule has 1 aromatic rings. The quantitative estimate of drug-likeness (QED) is 0.273. The summed E-state index contributed by atoms with van der Waals surface area (Å²) in [5, 5.41) is 19.9. The van der Waals surface area contributed by atoms with Gasteiger partial charge in [-0.15, -0.1) is 0 Å². The van der Waals surface area contributed by atoms with Crippen molar-refractivity contribution in [1.82, 2.24) is 9.78 Å². The third-order valence-corrected chi connectivity index (χ3v) is 2.25. The molecule has 0 aliphatic carbocycles. The van der Waals surface area contributed by atoms with Crippen LogP contribution in [-0.2, 0) is 14.3 Å². The van der Waals surface area contributed by atoms with Gasteiger partial charge in [0.25, 0.3) is 0 Å². The second-order valence-corrected chi connectivity index (χ2v) is 3.47. The zero-order chi connectivity index (χ0) is 15.1. The maximum Gasteiger partial charge on any atom is 0.344 e. The molecular weight excluding hydrogens is 266 g/mol. The molecule has 0 saturated carbocycles. The van der Waals surface area contributed by atoms with Crippen LogP contribution < -0.4 is 5.32 Å². The number of quaternary nitrogens is 1. The molecule has 20 heavy (non-hydrogen) atoms. The molecular formula is C11H14N5O4+. The summed E-state index contributed by atoms with van der Waals surface area (Å²) in [6, 6.07) is 0. The van der Waals surface area contributed by atoms with E-state index >= 15 is 0 Å². The first-order valence-corrected chi connectivity index (χ1v) is 5.39.